The lowest BCUT2D eigenvalue weighted by Gasteiger charge is -2.39. The summed E-state index contributed by atoms with van der Waals surface area (Å²) in [7, 11) is 0. The van der Waals surface area contributed by atoms with Crippen molar-refractivity contribution in [3.8, 4) is 0 Å². The Morgan fingerprint density at radius 2 is 2.44 bits per heavy atom. The van der Waals surface area contributed by atoms with Crippen molar-refractivity contribution in [2.24, 2.45) is 5.92 Å². The molecule has 0 spiro atoms. The monoisotopic (exact) mass is 266 g/mol. The molecule has 0 aliphatic heterocycles. The van der Waals surface area contributed by atoms with Gasteiger partial charge < -0.3 is 10.8 Å². The zero-order valence-electron chi connectivity index (χ0n) is 10.4. The third kappa shape index (κ3) is 2.56. The van der Waals surface area contributed by atoms with E-state index in [-0.39, 0.29) is 11.3 Å². The number of nitrogens with zero attached hydrogens (tertiary/aromatic N) is 1. The summed E-state index contributed by atoms with van der Waals surface area (Å²) in [6.45, 7) is 2.16. The molecule has 1 fully saturated rings. The maximum absolute atomic E-state index is 10.7. The Labute approximate surface area is 111 Å². The van der Waals surface area contributed by atoms with Gasteiger partial charge in [-0.25, -0.2) is 9.78 Å². The van der Waals surface area contributed by atoms with Crippen molar-refractivity contribution in [2.75, 3.05) is 5.73 Å². The topological polar surface area (TPSA) is 76.2 Å². The van der Waals surface area contributed by atoms with Crippen LogP contribution >= 0.6 is 11.3 Å². The highest BCUT2D eigenvalue weighted by Crippen LogP contribution is 2.44. The smallest absolute Gasteiger partial charge is 0.327 e. The lowest BCUT2D eigenvalue weighted by molar-refractivity contribution is -0.131. The Bertz CT molecular complexity index is 469. The molecule has 3 N–H and O–H groups in total. The number of nitrogens with two attached hydrogens (primary N) is 1. The molecule has 0 aromatic carbocycles. The molecular weight excluding hydrogens is 248 g/mol. The van der Waals surface area contributed by atoms with Gasteiger partial charge in [0.2, 0.25) is 0 Å². The molecule has 98 valence electrons. The summed E-state index contributed by atoms with van der Waals surface area (Å²) >= 11 is 1.45. The van der Waals surface area contributed by atoms with E-state index in [2.05, 4.69) is 11.9 Å². The van der Waals surface area contributed by atoms with Crippen LogP contribution in [0.15, 0.2) is 17.5 Å². The van der Waals surface area contributed by atoms with Crippen molar-refractivity contribution in [2.45, 2.75) is 38.0 Å². The number of aliphatic carboxylic acids is 1. The standard InChI is InChI=1S/C13H18N2O2S/c1-13(10-8-18-12(14)15-10)7-3-2-4-9(13)5-6-11(16)17/h5-6,8-9H,2-4,7H2,1H3,(H2,14,15)(H,16,17)/b6-5-. The highest BCUT2D eigenvalue weighted by molar-refractivity contribution is 7.13. The fourth-order valence-electron chi connectivity index (χ4n) is 2.74. The second-order valence-corrected chi connectivity index (χ2v) is 5.93. The lowest BCUT2D eigenvalue weighted by atomic mass is 9.66. The van der Waals surface area contributed by atoms with E-state index in [1.54, 1.807) is 0 Å². The van der Waals surface area contributed by atoms with Gasteiger partial charge in [0.05, 0.1) is 5.69 Å². The molecule has 2 rings (SSSR count). The van der Waals surface area contributed by atoms with Gasteiger partial charge >= 0.3 is 5.97 Å². The number of anilines is 1. The first-order chi connectivity index (χ1) is 8.52. The first kappa shape index (κ1) is 13.1. The van der Waals surface area contributed by atoms with Crippen LogP contribution in [0.3, 0.4) is 0 Å². The molecule has 0 amide bonds. The summed E-state index contributed by atoms with van der Waals surface area (Å²) in [5, 5.41) is 11.4. The van der Waals surface area contributed by atoms with E-state index in [1.807, 2.05) is 11.5 Å². The molecule has 1 aromatic rings. The molecule has 1 aliphatic rings. The number of hydrogen-bond donors (Lipinski definition) is 2. The normalized spacial score (nSPS) is 28.6. The molecule has 1 aliphatic carbocycles. The zero-order valence-corrected chi connectivity index (χ0v) is 11.2. The van der Waals surface area contributed by atoms with Crippen molar-refractivity contribution < 1.29 is 9.90 Å². The van der Waals surface area contributed by atoms with E-state index in [1.165, 1.54) is 17.4 Å². The number of hydrogen-bond acceptors (Lipinski definition) is 4. The molecule has 0 radical (unpaired) electrons. The van der Waals surface area contributed by atoms with Crippen molar-refractivity contribution in [1.29, 1.82) is 0 Å². The molecule has 0 saturated heterocycles. The molecule has 5 heteroatoms. The van der Waals surface area contributed by atoms with Gasteiger partial charge in [-0.2, -0.15) is 0 Å². The van der Waals surface area contributed by atoms with Gasteiger partial charge in [-0.15, -0.1) is 11.3 Å². The molecule has 1 saturated carbocycles. The van der Waals surface area contributed by atoms with Gasteiger partial charge in [-0.05, 0) is 18.8 Å². The maximum Gasteiger partial charge on any atom is 0.327 e. The average Bonchev–Trinajstić information content (AvgIpc) is 2.75. The number of thiazole rings is 1. The highest BCUT2D eigenvalue weighted by Gasteiger charge is 2.38. The van der Waals surface area contributed by atoms with Gasteiger partial charge in [0.1, 0.15) is 0 Å². The van der Waals surface area contributed by atoms with Crippen molar-refractivity contribution >= 4 is 22.4 Å². The van der Waals surface area contributed by atoms with Crippen LogP contribution in [0, 0.1) is 5.92 Å². The fourth-order valence-corrected chi connectivity index (χ4v) is 3.44. The number of carboxylic acids is 1. The van der Waals surface area contributed by atoms with Crippen LogP contribution in [-0.2, 0) is 10.2 Å². The summed E-state index contributed by atoms with van der Waals surface area (Å²) in [5.74, 6) is -0.662. The number of nitrogen functional groups attached to an aromatic ring is 1. The van der Waals surface area contributed by atoms with Crippen molar-refractivity contribution in [3.05, 3.63) is 23.2 Å². The fraction of sp³-hybridized carbons (Fsp3) is 0.538. The molecule has 18 heavy (non-hydrogen) atoms. The molecule has 4 nitrogen and oxygen atoms in total. The summed E-state index contributed by atoms with van der Waals surface area (Å²) < 4.78 is 0. The number of carbonyl (C=O) groups is 1. The average molecular weight is 266 g/mol. The van der Waals surface area contributed by atoms with Gasteiger partial charge in [0.25, 0.3) is 0 Å². The Balaban J connectivity index is 2.28. The maximum atomic E-state index is 10.7. The first-order valence-corrected chi connectivity index (χ1v) is 7.03. The van der Waals surface area contributed by atoms with Crippen molar-refractivity contribution in [3.63, 3.8) is 0 Å². The largest absolute Gasteiger partial charge is 0.478 e. The number of rotatable bonds is 3. The van der Waals surface area contributed by atoms with E-state index in [0.717, 1.165) is 31.4 Å². The second kappa shape index (κ2) is 5.10. The minimum atomic E-state index is -0.888. The second-order valence-electron chi connectivity index (χ2n) is 5.04. The van der Waals surface area contributed by atoms with Gasteiger partial charge in [-0.3, -0.25) is 0 Å². The Hall–Kier alpha value is -1.36. The van der Waals surface area contributed by atoms with E-state index >= 15 is 0 Å². The minimum absolute atomic E-state index is 0.0850. The van der Waals surface area contributed by atoms with Gasteiger partial charge in [-0.1, -0.05) is 25.8 Å². The third-order valence-electron chi connectivity index (χ3n) is 3.86. The Kier molecular flexibility index (Phi) is 3.71. The van der Waals surface area contributed by atoms with Gasteiger partial charge in [0, 0.05) is 16.9 Å². The molecule has 2 atom stereocenters. The Morgan fingerprint density at radius 1 is 1.67 bits per heavy atom. The lowest BCUT2D eigenvalue weighted by Crippen LogP contribution is -2.34. The molecule has 0 bridgehead atoms. The predicted octanol–water partition coefficient (Wildman–Crippen LogP) is 2.81. The zero-order chi connectivity index (χ0) is 13.2. The summed E-state index contributed by atoms with van der Waals surface area (Å²) in [6, 6.07) is 0. The van der Waals surface area contributed by atoms with Crippen LogP contribution in [0.1, 0.15) is 38.3 Å². The van der Waals surface area contributed by atoms with E-state index < -0.39 is 5.97 Å². The van der Waals surface area contributed by atoms with Crippen LogP contribution < -0.4 is 5.73 Å². The molecule has 2 unspecified atom stereocenters. The van der Waals surface area contributed by atoms with Crippen LogP contribution in [0.2, 0.25) is 0 Å². The summed E-state index contributed by atoms with van der Waals surface area (Å²) in [5.41, 5.74) is 6.63. The first-order valence-electron chi connectivity index (χ1n) is 6.15. The van der Waals surface area contributed by atoms with E-state index in [0.29, 0.717) is 5.13 Å². The van der Waals surface area contributed by atoms with Crippen LogP contribution in [0.25, 0.3) is 0 Å². The number of carboxylic acid groups (broad SMARTS) is 1. The molecule has 1 heterocycles. The number of aromatic nitrogens is 1. The quantitative estimate of drug-likeness (QED) is 0.825. The third-order valence-corrected chi connectivity index (χ3v) is 4.53. The predicted molar refractivity (Wildman–Crippen MR) is 72.6 cm³/mol. The minimum Gasteiger partial charge on any atom is -0.478 e. The van der Waals surface area contributed by atoms with Crippen LogP contribution in [0.5, 0.6) is 0 Å². The van der Waals surface area contributed by atoms with Crippen molar-refractivity contribution in [1.82, 2.24) is 4.98 Å². The summed E-state index contributed by atoms with van der Waals surface area (Å²) in [4.78, 5) is 15.1. The number of allylic oxidation sites excluding steroid dienone is 1. The Morgan fingerprint density at radius 3 is 3.06 bits per heavy atom. The summed E-state index contributed by atoms with van der Waals surface area (Å²) in [6.07, 6.45) is 7.42. The van der Waals surface area contributed by atoms with Crippen LogP contribution in [-0.4, -0.2) is 16.1 Å². The van der Waals surface area contributed by atoms with Gasteiger partial charge in [0.15, 0.2) is 5.13 Å². The van der Waals surface area contributed by atoms with E-state index in [9.17, 15) is 4.79 Å². The van der Waals surface area contributed by atoms with Crippen LogP contribution in [0.4, 0.5) is 5.13 Å². The SMILES string of the molecule is CC1(c2csc(N)n2)CCCCC1/C=C\C(=O)O. The molecule has 1 aromatic heterocycles. The molecular formula is C13H18N2O2S. The van der Waals surface area contributed by atoms with E-state index in [4.69, 9.17) is 10.8 Å². The highest BCUT2D eigenvalue weighted by atomic mass is 32.1.